The third-order valence-corrected chi connectivity index (χ3v) is 3.41. The standard InChI is InChI=1S/C21H24O4/c1-2-25-21(22)13-20(16-23-14-18-9-5-3-6-10-18)17-24-15-19-11-7-4-8-12-19/h3-13H,2,14-17H2,1H3. The second-order valence-electron chi connectivity index (χ2n) is 5.51. The van der Waals surface area contributed by atoms with Gasteiger partial charge in [-0.2, -0.15) is 0 Å². The van der Waals surface area contributed by atoms with Crippen LogP contribution in [0.15, 0.2) is 72.3 Å². The summed E-state index contributed by atoms with van der Waals surface area (Å²) >= 11 is 0. The number of benzene rings is 2. The van der Waals surface area contributed by atoms with Crippen LogP contribution in [-0.4, -0.2) is 25.8 Å². The van der Waals surface area contributed by atoms with E-state index in [9.17, 15) is 4.79 Å². The third kappa shape index (κ3) is 7.79. The van der Waals surface area contributed by atoms with Crippen molar-refractivity contribution in [3.8, 4) is 0 Å². The zero-order valence-corrected chi connectivity index (χ0v) is 14.5. The number of carbonyl (C=O) groups excluding carboxylic acids is 1. The lowest BCUT2D eigenvalue weighted by atomic mass is 10.2. The van der Waals surface area contributed by atoms with Crippen LogP contribution in [0.2, 0.25) is 0 Å². The minimum absolute atomic E-state index is 0.322. The molecule has 0 bridgehead atoms. The molecule has 0 aliphatic carbocycles. The Morgan fingerprint density at radius 2 is 1.32 bits per heavy atom. The van der Waals surface area contributed by atoms with E-state index in [-0.39, 0.29) is 5.97 Å². The Morgan fingerprint density at radius 3 is 1.76 bits per heavy atom. The second-order valence-corrected chi connectivity index (χ2v) is 5.51. The lowest BCUT2D eigenvalue weighted by molar-refractivity contribution is -0.137. The molecule has 25 heavy (non-hydrogen) atoms. The second kappa shape index (κ2) is 11.2. The molecule has 2 aromatic carbocycles. The third-order valence-electron chi connectivity index (χ3n) is 3.41. The van der Waals surface area contributed by atoms with E-state index in [4.69, 9.17) is 14.2 Å². The summed E-state index contributed by atoms with van der Waals surface area (Å²) in [5, 5.41) is 0. The Kier molecular flexibility index (Phi) is 8.45. The zero-order chi connectivity index (χ0) is 17.7. The molecular weight excluding hydrogens is 316 g/mol. The molecule has 0 saturated heterocycles. The highest BCUT2D eigenvalue weighted by atomic mass is 16.5. The van der Waals surface area contributed by atoms with Crippen LogP contribution >= 0.6 is 0 Å². The van der Waals surface area contributed by atoms with Crippen molar-refractivity contribution < 1.29 is 19.0 Å². The highest BCUT2D eigenvalue weighted by Gasteiger charge is 2.05. The normalized spacial score (nSPS) is 10.3. The van der Waals surface area contributed by atoms with Crippen LogP contribution in [0, 0.1) is 0 Å². The fourth-order valence-electron chi connectivity index (χ4n) is 2.22. The summed E-state index contributed by atoms with van der Waals surface area (Å²) in [4.78, 5) is 11.7. The number of ether oxygens (including phenoxy) is 3. The summed E-state index contributed by atoms with van der Waals surface area (Å²) in [5.41, 5.74) is 2.93. The first kappa shape index (κ1) is 18.9. The molecule has 4 heteroatoms. The predicted octanol–water partition coefficient (Wildman–Crippen LogP) is 3.91. The van der Waals surface area contributed by atoms with Crippen molar-refractivity contribution in [3.63, 3.8) is 0 Å². The molecular formula is C21H24O4. The van der Waals surface area contributed by atoms with Crippen molar-refractivity contribution in [3.05, 3.63) is 83.4 Å². The lowest BCUT2D eigenvalue weighted by Gasteiger charge is -2.10. The summed E-state index contributed by atoms with van der Waals surface area (Å²) < 4.78 is 16.4. The van der Waals surface area contributed by atoms with Crippen LogP contribution < -0.4 is 0 Å². The first-order valence-corrected chi connectivity index (χ1v) is 8.37. The van der Waals surface area contributed by atoms with Crippen LogP contribution in [-0.2, 0) is 32.2 Å². The van der Waals surface area contributed by atoms with Gasteiger partial charge in [-0.05, 0) is 23.6 Å². The maximum absolute atomic E-state index is 11.7. The van der Waals surface area contributed by atoms with E-state index >= 15 is 0 Å². The van der Waals surface area contributed by atoms with Crippen LogP contribution in [0.4, 0.5) is 0 Å². The topological polar surface area (TPSA) is 44.8 Å². The van der Waals surface area contributed by atoms with Gasteiger partial charge in [-0.3, -0.25) is 0 Å². The van der Waals surface area contributed by atoms with Gasteiger partial charge in [-0.15, -0.1) is 0 Å². The molecule has 0 atom stereocenters. The van der Waals surface area contributed by atoms with E-state index in [0.717, 1.165) is 16.7 Å². The van der Waals surface area contributed by atoms with Gasteiger partial charge in [0.15, 0.2) is 0 Å². The van der Waals surface area contributed by atoms with Crippen LogP contribution in [0.3, 0.4) is 0 Å². The van der Waals surface area contributed by atoms with E-state index in [2.05, 4.69) is 0 Å². The highest BCUT2D eigenvalue weighted by molar-refractivity contribution is 5.82. The van der Waals surface area contributed by atoms with E-state index in [0.29, 0.717) is 33.0 Å². The number of carbonyl (C=O) groups is 1. The molecule has 0 aliphatic rings. The Bertz CT molecular complexity index is 603. The van der Waals surface area contributed by atoms with Crippen molar-refractivity contribution in [1.29, 1.82) is 0 Å². The van der Waals surface area contributed by atoms with E-state index in [1.165, 1.54) is 6.08 Å². The summed E-state index contributed by atoms with van der Waals surface area (Å²) in [6.07, 6.45) is 1.46. The molecule has 132 valence electrons. The van der Waals surface area contributed by atoms with Crippen LogP contribution in [0.5, 0.6) is 0 Å². The fourth-order valence-corrected chi connectivity index (χ4v) is 2.22. The van der Waals surface area contributed by atoms with Crippen molar-refractivity contribution in [1.82, 2.24) is 0 Å². The van der Waals surface area contributed by atoms with Crippen molar-refractivity contribution >= 4 is 5.97 Å². The quantitative estimate of drug-likeness (QED) is 0.486. The van der Waals surface area contributed by atoms with Gasteiger partial charge in [0.1, 0.15) is 0 Å². The summed E-state index contributed by atoms with van der Waals surface area (Å²) in [6, 6.07) is 19.8. The Labute approximate surface area is 149 Å². The number of hydrogen-bond donors (Lipinski definition) is 0. The summed E-state index contributed by atoms with van der Waals surface area (Å²) in [7, 11) is 0. The van der Waals surface area contributed by atoms with Gasteiger partial charge in [0.25, 0.3) is 0 Å². The molecule has 2 aromatic rings. The fraction of sp³-hybridized carbons (Fsp3) is 0.286. The number of hydrogen-bond acceptors (Lipinski definition) is 4. The number of esters is 1. The largest absolute Gasteiger partial charge is 0.463 e. The summed E-state index contributed by atoms with van der Waals surface area (Å²) in [6.45, 7) is 3.74. The molecule has 2 rings (SSSR count). The molecule has 0 radical (unpaired) electrons. The molecule has 0 heterocycles. The average Bonchev–Trinajstić information content (AvgIpc) is 2.63. The first-order chi connectivity index (χ1) is 12.3. The van der Waals surface area contributed by atoms with E-state index in [1.807, 2.05) is 60.7 Å². The minimum atomic E-state index is -0.371. The first-order valence-electron chi connectivity index (χ1n) is 8.37. The molecule has 0 amide bonds. The summed E-state index contributed by atoms with van der Waals surface area (Å²) in [5.74, 6) is -0.371. The maximum Gasteiger partial charge on any atom is 0.330 e. The molecule has 0 aliphatic heterocycles. The van der Waals surface area contributed by atoms with Gasteiger partial charge in [0, 0.05) is 6.08 Å². The molecule has 0 unspecified atom stereocenters. The number of rotatable bonds is 10. The van der Waals surface area contributed by atoms with Gasteiger partial charge in [0.05, 0.1) is 33.0 Å². The molecule has 0 fully saturated rings. The average molecular weight is 340 g/mol. The Balaban J connectivity index is 1.85. The van der Waals surface area contributed by atoms with E-state index in [1.54, 1.807) is 6.92 Å². The SMILES string of the molecule is CCOC(=O)C=C(COCc1ccccc1)COCc1ccccc1. The molecule has 0 aromatic heterocycles. The van der Waals surface area contributed by atoms with E-state index < -0.39 is 0 Å². The Morgan fingerprint density at radius 1 is 0.840 bits per heavy atom. The van der Waals surface area contributed by atoms with Crippen molar-refractivity contribution in [2.45, 2.75) is 20.1 Å². The Hall–Kier alpha value is -2.43. The lowest BCUT2D eigenvalue weighted by Crippen LogP contribution is -2.10. The van der Waals surface area contributed by atoms with Gasteiger partial charge in [0.2, 0.25) is 0 Å². The zero-order valence-electron chi connectivity index (χ0n) is 14.5. The van der Waals surface area contributed by atoms with Crippen LogP contribution in [0.25, 0.3) is 0 Å². The van der Waals surface area contributed by atoms with Gasteiger partial charge in [-0.1, -0.05) is 60.7 Å². The monoisotopic (exact) mass is 340 g/mol. The molecule has 0 saturated carbocycles. The van der Waals surface area contributed by atoms with Gasteiger partial charge < -0.3 is 14.2 Å². The van der Waals surface area contributed by atoms with Gasteiger partial charge in [-0.25, -0.2) is 4.79 Å². The predicted molar refractivity (Wildman–Crippen MR) is 96.9 cm³/mol. The molecule has 0 spiro atoms. The van der Waals surface area contributed by atoms with Crippen molar-refractivity contribution in [2.75, 3.05) is 19.8 Å². The van der Waals surface area contributed by atoms with Crippen molar-refractivity contribution in [2.24, 2.45) is 0 Å². The van der Waals surface area contributed by atoms with Gasteiger partial charge >= 0.3 is 5.97 Å². The molecule has 0 N–H and O–H groups in total. The van der Waals surface area contributed by atoms with Crippen LogP contribution in [0.1, 0.15) is 18.1 Å². The molecule has 4 nitrogen and oxygen atoms in total. The maximum atomic E-state index is 11.7. The minimum Gasteiger partial charge on any atom is -0.463 e. The smallest absolute Gasteiger partial charge is 0.330 e. The highest BCUT2D eigenvalue weighted by Crippen LogP contribution is 2.07.